The number of alkyl halides is 2. The number of H-pyrrole nitrogens is 1. The Morgan fingerprint density at radius 3 is 2.79 bits per heavy atom. The van der Waals surface area contributed by atoms with Crippen LogP contribution in [0.5, 0.6) is 0 Å². The summed E-state index contributed by atoms with van der Waals surface area (Å²) in [4.78, 5) is 26.3. The van der Waals surface area contributed by atoms with Gasteiger partial charge >= 0.3 is 5.97 Å². The number of carbonyl (C=O) groups excluding carboxylic acids is 1. The highest BCUT2D eigenvalue weighted by atomic mass is 35.5. The predicted molar refractivity (Wildman–Crippen MR) is 84.2 cm³/mol. The second-order valence-corrected chi connectivity index (χ2v) is 5.39. The zero-order valence-electron chi connectivity index (χ0n) is 12.6. The van der Waals surface area contributed by atoms with Gasteiger partial charge in [-0.05, 0) is 25.9 Å². The molecule has 1 aliphatic rings. The predicted octanol–water partition coefficient (Wildman–Crippen LogP) is 1.33. The number of fused-ring (bicyclic) bond motifs is 1. The molecule has 0 amide bonds. The second kappa shape index (κ2) is 7.71. The number of aromatic nitrogens is 3. The number of aromatic amines is 1. The number of halogens is 3. The Hall–Kier alpha value is -2.00. The third kappa shape index (κ3) is 3.73. The van der Waals surface area contributed by atoms with E-state index in [-0.39, 0.29) is 35.1 Å². The summed E-state index contributed by atoms with van der Waals surface area (Å²) in [6.45, 7) is 0.682. The lowest BCUT2D eigenvalue weighted by atomic mass is 9.94. The fourth-order valence-corrected chi connectivity index (χ4v) is 2.79. The van der Waals surface area contributed by atoms with E-state index in [1.807, 2.05) is 0 Å². The van der Waals surface area contributed by atoms with E-state index in [1.54, 1.807) is 0 Å². The van der Waals surface area contributed by atoms with E-state index in [0.29, 0.717) is 5.69 Å². The molecule has 10 heteroatoms. The maximum absolute atomic E-state index is 12.2. The molecule has 0 saturated carbocycles. The lowest BCUT2D eigenvalue weighted by Crippen LogP contribution is -2.28. The smallest absolute Gasteiger partial charge is 0.343 e. The number of piperidine rings is 1. The van der Waals surface area contributed by atoms with Crippen LogP contribution >= 0.6 is 12.4 Å². The SMILES string of the molecule is Cl.O=C(OCC(F)F)c1cnn2c(C3CCNCC3)cc(=O)[nH]c12. The molecule has 3 rings (SSSR count). The summed E-state index contributed by atoms with van der Waals surface area (Å²) >= 11 is 0. The van der Waals surface area contributed by atoms with Crippen molar-refractivity contribution in [3.05, 3.63) is 33.9 Å². The number of esters is 1. The molecule has 0 radical (unpaired) electrons. The topological polar surface area (TPSA) is 88.5 Å². The Morgan fingerprint density at radius 1 is 1.42 bits per heavy atom. The summed E-state index contributed by atoms with van der Waals surface area (Å²) in [5, 5.41) is 7.36. The van der Waals surface area contributed by atoms with Crippen molar-refractivity contribution in [1.82, 2.24) is 19.9 Å². The highest BCUT2D eigenvalue weighted by Crippen LogP contribution is 2.25. The van der Waals surface area contributed by atoms with Crippen molar-refractivity contribution in [2.24, 2.45) is 0 Å². The van der Waals surface area contributed by atoms with E-state index in [0.717, 1.165) is 25.9 Å². The average Bonchev–Trinajstić information content (AvgIpc) is 2.96. The molecule has 24 heavy (non-hydrogen) atoms. The van der Waals surface area contributed by atoms with Crippen LogP contribution in [0, 0.1) is 0 Å². The third-order valence-corrected chi connectivity index (χ3v) is 3.85. The van der Waals surface area contributed by atoms with Crippen LogP contribution in [-0.4, -0.2) is 46.7 Å². The van der Waals surface area contributed by atoms with Gasteiger partial charge < -0.3 is 15.0 Å². The van der Waals surface area contributed by atoms with Crippen LogP contribution in [0.3, 0.4) is 0 Å². The summed E-state index contributed by atoms with van der Waals surface area (Å²) in [7, 11) is 0. The molecule has 1 fully saturated rings. The lowest BCUT2D eigenvalue weighted by molar-refractivity contribution is 0.0161. The molecule has 2 N–H and O–H groups in total. The van der Waals surface area contributed by atoms with Gasteiger partial charge in [0.2, 0.25) is 0 Å². The van der Waals surface area contributed by atoms with Crippen LogP contribution in [0.1, 0.15) is 34.8 Å². The van der Waals surface area contributed by atoms with Crippen molar-refractivity contribution >= 4 is 24.0 Å². The standard InChI is InChI=1S/C14H16F2N4O3.ClH/c15-11(16)7-23-14(22)9-6-18-20-10(5-12(21)19-13(9)20)8-1-3-17-4-2-8;/h5-6,8,11,17H,1-4,7H2,(H,19,21);1H. The first-order valence-corrected chi connectivity index (χ1v) is 7.33. The second-order valence-electron chi connectivity index (χ2n) is 5.39. The molecular formula is C14H17ClF2N4O3. The van der Waals surface area contributed by atoms with Gasteiger partial charge in [-0.1, -0.05) is 0 Å². The number of hydrogen-bond donors (Lipinski definition) is 2. The minimum absolute atomic E-state index is 0. The average molecular weight is 363 g/mol. The van der Waals surface area contributed by atoms with Gasteiger partial charge in [0, 0.05) is 12.0 Å². The minimum Gasteiger partial charge on any atom is -0.456 e. The number of nitrogens with one attached hydrogen (secondary N) is 2. The summed E-state index contributed by atoms with van der Waals surface area (Å²) in [5.41, 5.74) is 0.483. The molecule has 0 aromatic carbocycles. The van der Waals surface area contributed by atoms with E-state index in [4.69, 9.17) is 0 Å². The Morgan fingerprint density at radius 2 is 2.12 bits per heavy atom. The number of nitrogens with zero attached hydrogens (tertiary/aromatic N) is 2. The van der Waals surface area contributed by atoms with Crippen LogP contribution in [0.15, 0.2) is 17.1 Å². The normalized spacial score (nSPS) is 15.5. The van der Waals surface area contributed by atoms with Crippen molar-refractivity contribution in [3.63, 3.8) is 0 Å². The number of rotatable bonds is 4. The molecule has 3 heterocycles. The first kappa shape index (κ1) is 18.3. The summed E-state index contributed by atoms with van der Waals surface area (Å²) in [6, 6.07) is 1.46. The monoisotopic (exact) mass is 362 g/mol. The first-order chi connectivity index (χ1) is 11.1. The molecule has 7 nitrogen and oxygen atoms in total. The van der Waals surface area contributed by atoms with Crippen LogP contribution in [0.2, 0.25) is 0 Å². The quantitative estimate of drug-likeness (QED) is 0.801. The van der Waals surface area contributed by atoms with Crippen molar-refractivity contribution in [2.75, 3.05) is 19.7 Å². The van der Waals surface area contributed by atoms with Gasteiger partial charge in [-0.3, -0.25) is 4.79 Å². The molecular weight excluding hydrogens is 346 g/mol. The molecule has 1 aliphatic heterocycles. The molecule has 0 spiro atoms. The van der Waals surface area contributed by atoms with Gasteiger partial charge in [0.25, 0.3) is 12.0 Å². The molecule has 2 aromatic rings. The first-order valence-electron chi connectivity index (χ1n) is 7.33. The summed E-state index contributed by atoms with van der Waals surface area (Å²) in [5.74, 6) is -0.788. The van der Waals surface area contributed by atoms with Crippen molar-refractivity contribution < 1.29 is 18.3 Å². The largest absolute Gasteiger partial charge is 0.456 e. The fraction of sp³-hybridized carbons (Fsp3) is 0.500. The lowest BCUT2D eigenvalue weighted by Gasteiger charge is -2.23. The van der Waals surface area contributed by atoms with Gasteiger partial charge in [0.1, 0.15) is 5.56 Å². The molecule has 1 saturated heterocycles. The van der Waals surface area contributed by atoms with E-state index >= 15 is 0 Å². The van der Waals surface area contributed by atoms with Gasteiger partial charge in [-0.2, -0.15) is 5.10 Å². The molecule has 0 unspecified atom stereocenters. The molecule has 0 bridgehead atoms. The van der Waals surface area contributed by atoms with Gasteiger partial charge in [-0.25, -0.2) is 18.1 Å². The Bertz CT molecular complexity index is 771. The van der Waals surface area contributed by atoms with Gasteiger partial charge in [0.05, 0.1) is 11.9 Å². The highest BCUT2D eigenvalue weighted by Gasteiger charge is 2.23. The van der Waals surface area contributed by atoms with Crippen LogP contribution in [0.4, 0.5) is 8.78 Å². The van der Waals surface area contributed by atoms with Crippen LogP contribution in [0.25, 0.3) is 5.65 Å². The zero-order valence-corrected chi connectivity index (χ0v) is 13.4. The van der Waals surface area contributed by atoms with Crippen molar-refractivity contribution in [3.8, 4) is 0 Å². The maximum Gasteiger partial charge on any atom is 0.343 e. The van der Waals surface area contributed by atoms with Gasteiger partial charge in [0.15, 0.2) is 12.3 Å². The number of carbonyl (C=O) groups is 1. The highest BCUT2D eigenvalue weighted by molar-refractivity contribution is 5.95. The van der Waals surface area contributed by atoms with Crippen LogP contribution in [-0.2, 0) is 4.74 Å². The van der Waals surface area contributed by atoms with Crippen molar-refractivity contribution in [1.29, 1.82) is 0 Å². The Labute approximate surface area is 141 Å². The number of hydrogen-bond acceptors (Lipinski definition) is 5. The Balaban J connectivity index is 0.00000208. The van der Waals surface area contributed by atoms with E-state index in [2.05, 4.69) is 20.1 Å². The van der Waals surface area contributed by atoms with E-state index in [1.165, 1.54) is 16.8 Å². The van der Waals surface area contributed by atoms with Crippen LogP contribution < -0.4 is 10.9 Å². The van der Waals surface area contributed by atoms with Crippen molar-refractivity contribution in [2.45, 2.75) is 25.2 Å². The Kier molecular flexibility index (Phi) is 5.89. The zero-order chi connectivity index (χ0) is 16.4. The van der Waals surface area contributed by atoms with E-state index < -0.39 is 19.0 Å². The molecule has 2 aromatic heterocycles. The fourth-order valence-electron chi connectivity index (χ4n) is 2.79. The summed E-state index contributed by atoms with van der Waals surface area (Å²) in [6.07, 6.45) is 0.182. The van der Waals surface area contributed by atoms with Gasteiger partial charge in [-0.15, -0.1) is 12.4 Å². The molecule has 0 aliphatic carbocycles. The molecule has 0 atom stereocenters. The minimum atomic E-state index is -2.75. The van der Waals surface area contributed by atoms with E-state index in [9.17, 15) is 18.4 Å². The maximum atomic E-state index is 12.2. The molecule has 132 valence electrons. The number of ether oxygens (including phenoxy) is 1. The third-order valence-electron chi connectivity index (χ3n) is 3.85. The summed E-state index contributed by atoms with van der Waals surface area (Å²) < 4.78 is 30.3.